The molecule has 5 rings (SSSR count). The Morgan fingerprint density at radius 3 is 3.00 bits per heavy atom. The number of ether oxygens (including phenoxy) is 1. The molecular weight excluding hydrogens is 392 g/mol. The van der Waals surface area contributed by atoms with Crippen LogP contribution >= 0.6 is 11.6 Å². The Morgan fingerprint density at radius 1 is 1.34 bits per heavy atom. The van der Waals surface area contributed by atoms with Crippen LogP contribution in [-0.2, 0) is 7.05 Å². The lowest BCUT2D eigenvalue weighted by Gasteiger charge is -2.58. The van der Waals surface area contributed by atoms with Gasteiger partial charge in [0.25, 0.3) is 5.56 Å². The van der Waals surface area contributed by atoms with Crippen molar-refractivity contribution in [2.45, 2.75) is 18.9 Å². The first kappa shape index (κ1) is 18.4. The summed E-state index contributed by atoms with van der Waals surface area (Å²) in [5, 5.41) is 14.8. The van der Waals surface area contributed by atoms with Gasteiger partial charge in [-0.25, -0.2) is 5.10 Å². The van der Waals surface area contributed by atoms with Crippen LogP contribution in [0.5, 0.6) is 5.75 Å². The number of likely N-dealkylation sites (tertiary alicyclic amines) is 1. The van der Waals surface area contributed by atoms with Crippen LogP contribution in [0.25, 0.3) is 10.9 Å². The predicted octanol–water partition coefficient (Wildman–Crippen LogP) is 2.27. The van der Waals surface area contributed by atoms with Crippen LogP contribution in [-0.4, -0.2) is 57.2 Å². The van der Waals surface area contributed by atoms with Crippen molar-refractivity contribution in [2.75, 3.05) is 31.5 Å². The number of hydrogen-bond acceptors (Lipinski definition) is 6. The number of nitrogens with one attached hydrogen (secondary N) is 2. The van der Waals surface area contributed by atoms with E-state index in [1.807, 2.05) is 24.0 Å². The third-order valence-corrected chi connectivity index (χ3v) is 6.38. The fourth-order valence-electron chi connectivity index (χ4n) is 4.55. The summed E-state index contributed by atoms with van der Waals surface area (Å²) in [5.74, 6) is 0.921. The largest absolute Gasteiger partial charge is 0.490 e. The van der Waals surface area contributed by atoms with Gasteiger partial charge in [0, 0.05) is 50.1 Å². The molecule has 3 heterocycles. The molecule has 0 radical (unpaired) electrons. The highest BCUT2D eigenvalue weighted by Gasteiger charge is 2.53. The van der Waals surface area contributed by atoms with Gasteiger partial charge in [0.2, 0.25) is 0 Å². The Labute approximate surface area is 172 Å². The first-order valence-corrected chi connectivity index (χ1v) is 10.2. The number of anilines is 1. The molecule has 1 aromatic carbocycles. The summed E-state index contributed by atoms with van der Waals surface area (Å²) in [6.45, 7) is 3.83. The highest BCUT2D eigenvalue weighted by molar-refractivity contribution is 6.32. The maximum atomic E-state index is 11.4. The molecule has 2 fully saturated rings. The summed E-state index contributed by atoms with van der Waals surface area (Å²) in [7, 11) is 1.95. The van der Waals surface area contributed by atoms with Gasteiger partial charge < -0.3 is 15.0 Å². The molecule has 1 aliphatic carbocycles. The van der Waals surface area contributed by atoms with Crippen molar-refractivity contribution in [1.29, 1.82) is 0 Å². The fraction of sp³-hybridized carbons (Fsp3) is 0.450. The van der Waals surface area contributed by atoms with Gasteiger partial charge in [0.05, 0.1) is 29.7 Å². The van der Waals surface area contributed by atoms with E-state index in [0.29, 0.717) is 17.2 Å². The van der Waals surface area contributed by atoms with Crippen molar-refractivity contribution < 1.29 is 4.74 Å². The summed E-state index contributed by atoms with van der Waals surface area (Å²) >= 11 is 5.97. The van der Waals surface area contributed by atoms with Crippen LogP contribution in [0.2, 0.25) is 5.02 Å². The van der Waals surface area contributed by atoms with Gasteiger partial charge in [0.1, 0.15) is 10.8 Å². The maximum Gasteiger partial charge on any atom is 0.285 e. The smallest absolute Gasteiger partial charge is 0.285 e. The second-order valence-electron chi connectivity index (χ2n) is 8.20. The Morgan fingerprint density at radius 2 is 2.17 bits per heavy atom. The van der Waals surface area contributed by atoms with Gasteiger partial charge in [-0.2, -0.15) is 10.2 Å². The Hall–Kier alpha value is -2.58. The van der Waals surface area contributed by atoms with Crippen LogP contribution in [0.1, 0.15) is 12.8 Å². The first-order chi connectivity index (χ1) is 14.0. The predicted molar refractivity (Wildman–Crippen MR) is 112 cm³/mol. The molecule has 29 heavy (non-hydrogen) atoms. The SMILES string of the molecule is Cn1ncc2ccc(OC3CC4(C3)CN(CCNc3cn[nH]c(=O)c3Cl)C4)cc21. The van der Waals surface area contributed by atoms with Crippen LogP contribution in [0.4, 0.5) is 5.69 Å². The maximum absolute atomic E-state index is 11.4. The minimum absolute atomic E-state index is 0.156. The minimum atomic E-state index is -0.373. The zero-order valence-corrected chi connectivity index (χ0v) is 16.9. The molecule has 0 atom stereocenters. The van der Waals surface area contributed by atoms with Crippen LogP contribution in [0.15, 0.2) is 35.4 Å². The fourth-order valence-corrected chi connectivity index (χ4v) is 4.71. The van der Waals surface area contributed by atoms with E-state index < -0.39 is 0 Å². The summed E-state index contributed by atoms with van der Waals surface area (Å²) in [6.07, 6.45) is 5.91. The minimum Gasteiger partial charge on any atom is -0.490 e. The third-order valence-electron chi connectivity index (χ3n) is 6.00. The Kier molecular flexibility index (Phi) is 4.48. The molecule has 152 valence electrons. The molecule has 9 heteroatoms. The van der Waals surface area contributed by atoms with E-state index in [-0.39, 0.29) is 10.6 Å². The molecular formula is C20H23ClN6O2. The van der Waals surface area contributed by atoms with Crippen LogP contribution in [0, 0.1) is 5.41 Å². The second kappa shape index (κ2) is 7.03. The number of benzene rings is 1. The highest BCUT2D eigenvalue weighted by Crippen LogP contribution is 2.49. The molecule has 3 aromatic rings. The van der Waals surface area contributed by atoms with Gasteiger partial charge in [-0.3, -0.25) is 9.48 Å². The quantitative estimate of drug-likeness (QED) is 0.643. The summed E-state index contributed by atoms with van der Waals surface area (Å²) in [6, 6.07) is 6.16. The van der Waals surface area contributed by atoms with Crippen molar-refractivity contribution >= 4 is 28.2 Å². The normalized spacial score (nSPS) is 18.6. The van der Waals surface area contributed by atoms with Crippen molar-refractivity contribution in [2.24, 2.45) is 12.5 Å². The highest BCUT2D eigenvalue weighted by atomic mass is 35.5. The lowest BCUT2D eigenvalue weighted by molar-refractivity contribution is -0.117. The van der Waals surface area contributed by atoms with Crippen molar-refractivity contribution in [3.63, 3.8) is 0 Å². The lowest BCUT2D eigenvalue weighted by Crippen LogP contribution is -2.65. The van der Waals surface area contributed by atoms with E-state index in [2.05, 4.69) is 37.6 Å². The molecule has 0 unspecified atom stereocenters. The molecule has 1 spiro atoms. The van der Waals surface area contributed by atoms with Crippen LogP contribution in [0.3, 0.4) is 0 Å². The van der Waals surface area contributed by atoms with E-state index in [1.54, 1.807) is 0 Å². The average Bonchev–Trinajstić information content (AvgIpc) is 3.01. The van der Waals surface area contributed by atoms with E-state index in [1.165, 1.54) is 6.20 Å². The van der Waals surface area contributed by atoms with Crippen molar-refractivity contribution in [1.82, 2.24) is 24.9 Å². The number of fused-ring (bicyclic) bond motifs is 1. The number of nitrogens with zero attached hydrogens (tertiary/aromatic N) is 4. The number of halogens is 1. The lowest BCUT2D eigenvalue weighted by atomic mass is 9.62. The molecule has 1 saturated heterocycles. The second-order valence-corrected chi connectivity index (χ2v) is 8.58. The molecule has 1 saturated carbocycles. The van der Waals surface area contributed by atoms with Gasteiger partial charge in [-0.1, -0.05) is 11.6 Å². The van der Waals surface area contributed by atoms with Crippen LogP contribution < -0.4 is 15.6 Å². The summed E-state index contributed by atoms with van der Waals surface area (Å²) in [5.41, 5.74) is 1.70. The van der Waals surface area contributed by atoms with Gasteiger partial charge >= 0.3 is 0 Å². The van der Waals surface area contributed by atoms with Crippen molar-refractivity contribution in [3.05, 3.63) is 46.0 Å². The number of aromatic amines is 1. The summed E-state index contributed by atoms with van der Waals surface area (Å²) < 4.78 is 8.06. The van der Waals surface area contributed by atoms with Gasteiger partial charge in [-0.15, -0.1) is 0 Å². The number of H-pyrrole nitrogens is 1. The molecule has 2 aliphatic rings. The van der Waals surface area contributed by atoms with E-state index in [9.17, 15) is 4.79 Å². The van der Waals surface area contributed by atoms with E-state index in [4.69, 9.17) is 16.3 Å². The standard InChI is InChI=1S/C20H23ClN6O2/c1-26-17-6-14(3-2-13(17)9-24-26)29-15-7-20(8-15)11-27(12-20)5-4-22-16-10-23-25-19(28)18(16)21/h2-3,6,9-10,15H,4-5,7-8,11-12H2,1H3,(H2,22,25,28). The van der Waals surface area contributed by atoms with E-state index >= 15 is 0 Å². The molecule has 8 nitrogen and oxygen atoms in total. The van der Waals surface area contributed by atoms with E-state index in [0.717, 1.165) is 55.7 Å². The average molecular weight is 415 g/mol. The molecule has 2 aromatic heterocycles. The topological polar surface area (TPSA) is 88.1 Å². The zero-order valence-electron chi connectivity index (χ0n) is 16.2. The molecule has 0 bridgehead atoms. The monoisotopic (exact) mass is 414 g/mol. The zero-order chi connectivity index (χ0) is 20.0. The molecule has 0 amide bonds. The number of rotatable bonds is 6. The number of aromatic nitrogens is 4. The van der Waals surface area contributed by atoms with Gasteiger partial charge in [0.15, 0.2) is 0 Å². The summed E-state index contributed by atoms with van der Waals surface area (Å²) in [4.78, 5) is 13.9. The first-order valence-electron chi connectivity index (χ1n) is 9.79. The Balaban J connectivity index is 1.07. The van der Waals surface area contributed by atoms with Gasteiger partial charge in [-0.05, 0) is 25.0 Å². The van der Waals surface area contributed by atoms with Crippen molar-refractivity contribution in [3.8, 4) is 5.75 Å². The number of aryl methyl sites for hydroxylation is 1. The molecule has 2 N–H and O–H groups in total. The third kappa shape index (κ3) is 3.47. The number of hydrogen-bond donors (Lipinski definition) is 2. The molecule has 1 aliphatic heterocycles. The Bertz CT molecular complexity index is 1100.